The number of nitrogens with one attached hydrogen (secondary N) is 1. The number of aryl methyl sites for hydroxylation is 1. The molecule has 0 aliphatic carbocycles. The Morgan fingerprint density at radius 1 is 1.06 bits per heavy atom. The molecule has 0 unspecified atom stereocenters. The van der Waals surface area contributed by atoms with Crippen molar-refractivity contribution in [3.05, 3.63) is 53.6 Å². The van der Waals surface area contributed by atoms with Crippen LogP contribution < -0.4 is 5.43 Å². The summed E-state index contributed by atoms with van der Waals surface area (Å²) in [6.45, 7) is 2.02. The number of nitrogens with zero attached hydrogens (tertiary/aromatic N) is 1. The number of hydrazone groups is 1. The van der Waals surface area contributed by atoms with Crippen molar-refractivity contribution in [3.63, 3.8) is 0 Å². The van der Waals surface area contributed by atoms with Gasteiger partial charge in [-0.1, -0.05) is 17.7 Å². The number of aromatic hydroxyl groups is 2. The zero-order valence-corrected chi connectivity index (χ0v) is 9.96. The van der Waals surface area contributed by atoms with Crippen LogP contribution in [0.4, 0.5) is 5.69 Å². The molecule has 0 bridgehead atoms. The summed E-state index contributed by atoms with van der Waals surface area (Å²) in [5, 5.41) is 22.7. The molecule has 92 valence electrons. The first-order chi connectivity index (χ1) is 8.65. The minimum absolute atomic E-state index is 0.00976. The molecule has 4 heteroatoms. The highest BCUT2D eigenvalue weighted by Gasteiger charge is 1.98. The van der Waals surface area contributed by atoms with Gasteiger partial charge in [0.2, 0.25) is 0 Å². The number of phenolic OH excluding ortho intramolecular Hbond substituents is 2. The van der Waals surface area contributed by atoms with Gasteiger partial charge in [-0.25, -0.2) is 0 Å². The van der Waals surface area contributed by atoms with Crippen LogP contribution in [0.1, 0.15) is 11.1 Å². The van der Waals surface area contributed by atoms with Gasteiger partial charge in [0.05, 0.1) is 11.9 Å². The molecule has 0 amide bonds. The topological polar surface area (TPSA) is 64.9 Å². The summed E-state index contributed by atoms with van der Waals surface area (Å²) in [4.78, 5) is 0. The zero-order chi connectivity index (χ0) is 13.0. The van der Waals surface area contributed by atoms with Crippen LogP contribution in [0, 0.1) is 6.92 Å². The van der Waals surface area contributed by atoms with Gasteiger partial charge in [0, 0.05) is 11.6 Å². The van der Waals surface area contributed by atoms with E-state index in [4.69, 9.17) is 5.11 Å². The Morgan fingerprint density at radius 3 is 2.44 bits per heavy atom. The first-order valence-electron chi connectivity index (χ1n) is 5.53. The second-order valence-electron chi connectivity index (χ2n) is 3.98. The van der Waals surface area contributed by atoms with Gasteiger partial charge in [-0.05, 0) is 31.2 Å². The number of hydrogen-bond donors (Lipinski definition) is 3. The van der Waals surface area contributed by atoms with Gasteiger partial charge in [-0.15, -0.1) is 0 Å². The Kier molecular flexibility index (Phi) is 3.48. The van der Waals surface area contributed by atoms with Crippen molar-refractivity contribution in [2.75, 3.05) is 5.43 Å². The van der Waals surface area contributed by atoms with E-state index in [9.17, 15) is 5.11 Å². The molecular weight excluding hydrogens is 228 g/mol. The molecule has 3 N–H and O–H groups in total. The van der Waals surface area contributed by atoms with Crippen LogP contribution in [0.5, 0.6) is 11.5 Å². The third-order valence-corrected chi connectivity index (χ3v) is 2.46. The Balaban J connectivity index is 2.05. The van der Waals surface area contributed by atoms with Gasteiger partial charge >= 0.3 is 0 Å². The minimum atomic E-state index is -0.00976. The van der Waals surface area contributed by atoms with E-state index in [2.05, 4.69) is 10.5 Å². The summed E-state index contributed by atoms with van der Waals surface area (Å²) in [6.07, 6.45) is 1.49. The van der Waals surface area contributed by atoms with Crippen molar-refractivity contribution in [2.45, 2.75) is 6.92 Å². The summed E-state index contributed by atoms with van der Waals surface area (Å²) in [6, 6.07) is 12.2. The monoisotopic (exact) mass is 242 g/mol. The lowest BCUT2D eigenvalue weighted by Crippen LogP contribution is -1.90. The van der Waals surface area contributed by atoms with Crippen LogP contribution >= 0.6 is 0 Å². The average molecular weight is 242 g/mol. The molecule has 0 atom stereocenters. The van der Waals surface area contributed by atoms with Crippen LogP contribution in [0.2, 0.25) is 0 Å². The van der Waals surface area contributed by atoms with Gasteiger partial charge < -0.3 is 10.2 Å². The molecule has 0 heterocycles. The van der Waals surface area contributed by atoms with Gasteiger partial charge in [0.15, 0.2) is 0 Å². The zero-order valence-electron chi connectivity index (χ0n) is 9.96. The first-order valence-corrected chi connectivity index (χ1v) is 5.53. The predicted molar refractivity (Wildman–Crippen MR) is 72.2 cm³/mol. The molecule has 0 aromatic heterocycles. The smallest absolute Gasteiger partial charge is 0.128 e. The standard InChI is InChI=1S/C14H14N2O2/c1-10-2-5-12(6-3-10)16-15-9-11-4-7-13(17)8-14(11)18/h2-9,16-18H,1H3/b15-9+. The lowest BCUT2D eigenvalue weighted by Gasteiger charge is -2.01. The van der Waals surface area contributed by atoms with E-state index in [1.54, 1.807) is 6.07 Å². The molecule has 0 spiro atoms. The summed E-state index contributed by atoms with van der Waals surface area (Å²) in [5.41, 5.74) is 5.44. The molecule has 0 aliphatic rings. The summed E-state index contributed by atoms with van der Waals surface area (Å²) in [7, 11) is 0. The number of rotatable bonds is 3. The fraction of sp³-hybridized carbons (Fsp3) is 0.0714. The summed E-state index contributed by atoms with van der Waals surface area (Å²) < 4.78 is 0. The van der Waals surface area contributed by atoms with Gasteiger partial charge in [0.25, 0.3) is 0 Å². The maximum absolute atomic E-state index is 9.55. The quantitative estimate of drug-likeness (QED) is 0.572. The van der Waals surface area contributed by atoms with E-state index in [-0.39, 0.29) is 11.5 Å². The van der Waals surface area contributed by atoms with E-state index in [0.717, 1.165) is 5.69 Å². The van der Waals surface area contributed by atoms with Crippen molar-refractivity contribution >= 4 is 11.9 Å². The molecule has 2 aromatic carbocycles. The lowest BCUT2D eigenvalue weighted by atomic mass is 10.2. The fourth-order valence-electron chi connectivity index (χ4n) is 1.45. The summed E-state index contributed by atoms with van der Waals surface area (Å²) >= 11 is 0. The lowest BCUT2D eigenvalue weighted by molar-refractivity contribution is 0.450. The fourth-order valence-corrected chi connectivity index (χ4v) is 1.45. The van der Waals surface area contributed by atoms with Crippen molar-refractivity contribution in [2.24, 2.45) is 5.10 Å². The van der Waals surface area contributed by atoms with E-state index in [1.165, 1.54) is 23.9 Å². The Labute approximate surface area is 105 Å². The molecule has 2 rings (SSSR count). The van der Waals surface area contributed by atoms with E-state index < -0.39 is 0 Å². The largest absolute Gasteiger partial charge is 0.508 e. The van der Waals surface area contributed by atoms with Crippen molar-refractivity contribution in [1.29, 1.82) is 0 Å². The van der Waals surface area contributed by atoms with Gasteiger partial charge in [0.1, 0.15) is 11.5 Å². The van der Waals surface area contributed by atoms with Crippen LogP contribution in [0.25, 0.3) is 0 Å². The highest BCUT2D eigenvalue weighted by molar-refractivity contribution is 5.84. The van der Waals surface area contributed by atoms with Crippen molar-refractivity contribution in [1.82, 2.24) is 0 Å². The third kappa shape index (κ3) is 3.01. The highest BCUT2D eigenvalue weighted by Crippen LogP contribution is 2.20. The highest BCUT2D eigenvalue weighted by atomic mass is 16.3. The van der Waals surface area contributed by atoms with Crippen LogP contribution in [-0.2, 0) is 0 Å². The van der Waals surface area contributed by atoms with Gasteiger partial charge in [-0.3, -0.25) is 5.43 Å². The first kappa shape index (κ1) is 12.0. The predicted octanol–water partition coefficient (Wildman–Crippen LogP) is 2.85. The maximum atomic E-state index is 9.55. The second kappa shape index (κ2) is 5.23. The summed E-state index contributed by atoms with van der Waals surface area (Å²) in [5.74, 6) is 0.0144. The number of phenols is 2. The number of benzene rings is 2. The van der Waals surface area contributed by atoms with Crippen molar-refractivity contribution < 1.29 is 10.2 Å². The van der Waals surface area contributed by atoms with Crippen LogP contribution in [-0.4, -0.2) is 16.4 Å². The van der Waals surface area contributed by atoms with Crippen LogP contribution in [0.3, 0.4) is 0 Å². The van der Waals surface area contributed by atoms with E-state index in [1.807, 2.05) is 31.2 Å². The maximum Gasteiger partial charge on any atom is 0.128 e. The Bertz CT molecular complexity index is 563. The molecule has 0 aliphatic heterocycles. The molecule has 0 saturated heterocycles. The molecule has 0 radical (unpaired) electrons. The van der Waals surface area contributed by atoms with Crippen LogP contribution in [0.15, 0.2) is 47.6 Å². The number of anilines is 1. The van der Waals surface area contributed by atoms with Crippen molar-refractivity contribution in [3.8, 4) is 11.5 Å². The molecule has 4 nitrogen and oxygen atoms in total. The molecule has 2 aromatic rings. The molecular formula is C14H14N2O2. The molecule has 0 fully saturated rings. The molecule has 0 saturated carbocycles. The minimum Gasteiger partial charge on any atom is -0.508 e. The third-order valence-electron chi connectivity index (χ3n) is 2.46. The molecule has 18 heavy (non-hydrogen) atoms. The Hall–Kier alpha value is -2.49. The Morgan fingerprint density at radius 2 is 1.78 bits per heavy atom. The normalized spacial score (nSPS) is 10.7. The van der Waals surface area contributed by atoms with E-state index in [0.29, 0.717) is 5.56 Å². The second-order valence-corrected chi connectivity index (χ2v) is 3.98. The SMILES string of the molecule is Cc1ccc(N/N=C/c2ccc(O)cc2O)cc1. The van der Waals surface area contributed by atoms with Gasteiger partial charge in [-0.2, -0.15) is 5.10 Å². The van der Waals surface area contributed by atoms with E-state index >= 15 is 0 Å². The average Bonchev–Trinajstić information content (AvgIpc) is 2.34. The number of hydrogen-bond acceptors (Lipinski definition) is 4.